The van der Waals surface area contributed by atoms with E-state index in [1.165, 1.54) is 6.92 Å². The number of primary amides is 2. The molecule has 7 nitrogen and oxygen atoms in total. The van der Waals surface area contributed by atoms with Gasteiger partial charge >= 0.3 is 0 Å². The van der Waals surface area contributed by atoms with Crippen LogP contribution in [0, 0.1) is 0 Å². The summed E-state index contributed by atoms with van der Waals surface area (Å²) in [6, 6.07) is 0. The van der Waals surface area contributed by atoms with Crippen LogP contribution in [-0.2, 0) is 19.7 Å². The Hall–Kier alpha value is -1.15. The SMILES string of the molecule is CCCC(C(N)=O)(C(N)=O)S(=O)(=O)O. The number of carbonyl (C=O) groups excluding carboxylic acids is 2. The highest BCUT2D eigenvalue weighted by atomic mass is 32.2. The third-order valence-electron chi connectivity index (χ3n) is 1.84. The molecule has 0 radical (unpaired) electrons. The van der Waals surface area contributed by atoms with Crippen LogP contribution in [0.5, 0.6) is 0 Å². The molecule has 0 spiro atoms. The van der Waals surface area contributed by atoms with Gasteiger partial charge in [-0.25, -0.2) is 0 Å². The Labute approximate surface area is 81.2 Å². The van der Waals surface area contributed by atoms with Gasteiger partial charge < -0.3 is 11.5 Å². The van der Waals surface area contributed by atoms with E-state index in [1.54, 1.807) is 0 Å². The summed E-state index contributed by atoms with van der Waals surface area (Å²) in [5.41, 5.74) is 9.53. The molecule has 0 saturated heterocycles. The number of nitrogens with two attached hydrogens (primary N) is 2. The van der Waals surface area contributed by atoms with Gasteiger partial charge in [0.1, 0.15) is 0 Å². The summed E-state index contributed by atoms with van der Waals surface area (Å²) >= 11 is 0. The number of hydrogen-bond acceptors (Lipinski definition) is 4. The molecule has 0 aliphatic heterocycles. The first-order valence-corrected chi connectivity index (χ1v) is 5.21. The Morgan fingerprint density at radius 1 is 1.29 bits per heavy atom. The van der Waals surface area contributed by atoms with Crippen molar-refractivity contribution in [2.45, 2.75) is 24.5 Å². The van der Waals surface area contributed by atoms with Gasteiger partial charge in [0, 0.05) is 0 Å². The average molecular weight is 224 g/mol. The molecule has 8 heteroatoms. The van der Waals surface area contributed by atoms with Crippen molar-refractivity contribution < 1.29 is 22.6 Å². The third-order valence-corrected chi connectivity index (χ3v) is 3.33. The second kappa shape index (κ2) is 3.93. The minimum absolute atomic E-state index is 0.158. The van der Waals surface area contributed by atoms with Gasteiger partial charge in [0.2, 0.25) is 0 Å². The minimum atomic E-state index is -4.94. The fraction of sp³-hybridized carbons (Fsp3) is 0.667. The summed E-state index contributed by atoms with van der Waals surface area (Å²) in [5, 5.41) is 0. The molecule has 0 aliphatic carbocycles. The predicted octanol–water partition coefficient (Wildman–Crippen LogP) is -1.62. The maximum absolute atomic E-state index is 10.9. The maximum atomic E-state index is 10.9. The van der Waals surface area contributed by atoms with Crippen molar-refractivity contribution in [1.82, 2.24) is 0 Å². The van der Waals surface area contributed by atoms with Crippen LogP contribution in [0.2, 0.25) is 0 Å². The summed E-state index contributed by atoms with van der Waals surface area (Å²) in [5.74, 6) is -2.93. The van der Waals surface area contributed by atoms with Crippen molar-refractivity contribution in [2.24, 2.45) is 11.5 Å². The standard InChI is InChI=1S/C6H12N2O5S/c1-2-3-6(4(7)9,5(8)10)14(11,12)13/h2-3H2,1H3,(H2,7,9)(H2,8,10)(H,11,12,13). The summed E-state index contributed by atoms with van der Waals surface area (Å²) in [4.78, 5) is 21.8. The normalized spacial score (nSPS) is 12.4. The second-order valence-corrected chi connectivity index (χ2v) is 4.43. The molecule has 2 amide bonds. The third kappa shape index (κ3) is 1.85. The predicted molar refractivity (Wildman–Crippen MR) is 47.6 cm³/mol. The quantitative estimate of drug-likeness (QED) is 0.380. The van der Waals surface area contributed by atoms with Gasteiger partial charge in [0.25, 0.3) is 26.7 Å². The van der Waals surface area contributed by atoms with Gasteiger partial charge in [0.15, 0.2) is 0 Å². The monoisotopic (exact) mass is 224 g/mol. The Morgan fingerprint density at radius 2 is 1.64 bits per heavy atom. The van der Waals surface area contributed by atoms with E-state index in [0.29, 0.717) is 0 Å². The molecule has 0 aromatic carbocycles. The molecular formula is C6H12N2O5S. The molecular weight excluding hydrogens is 212 g/mol. The van der Waals surface area contributed by atoms with Crippen LogP contribution in [0.1, 0.15) is 19.8 Å². The molecule has 0 rings (SSSR count). The van der Waals surface area contributed by atoms with Crippen molar-refractivity contribution in [3.05, 3.63) is 0 Å². The molecule has 82 valence electrons. The molecule has 5 N–H and O–H groups in total. The van der Waals surface area contributed by atoms with Gasteiger partial charge in [-0.3, -0.25) is 14.1 Å². The molecule has 14 heavy (non-hydrogen) atoms. The first-order valence-electron chi connectivity index (χ1n) is 3.77. The summed E-state index contributed by atoms with van der Waals surface area (Å²) in [6.07, 6.45) is -0.276. The highest BCUT2D eigenvalue weighted by Crippen LogP contribution is 2.22. The molecule has 0 aliphatic rings. The van der Waals surface area contributed by atoms with Crippen LogP contribution in [0.3, 0.4) is 0 Å². The lowest BCUT2D eigenvalue weighted by Crippen LogP contribution is -2.59. The van der Waals surface area contributed by atoms with Crippen molar-refractivity contribution >= 4 is 21.9 Å². The second-order valence-electron chi connectivity index (χ2n) is 2.78. The van der Waals surface area contributed by atoms with Crippen LogP contribution < -0.4 is 11.5 Å². The van der Waals surface area contributed by atoms with E-state index >= 15 is 0 Å². The molecule has 0 heterocycles. The number of hydrogen-bond donors (Lipinski definition) is 3. The van der Waals surface area contributed by atoms with E-state index in [-0.39, 0.29) is 6.42 Å². The van der Waals surface area contributed by atoms with Gasteiger partial charge in [-0.15, -0.1) is 0 Å². The zero-order valence-electron chi connectivity index (χ0n) is 7.56. The van der Waals surface area contributed by atoms with Crippen LogP contribution >= 0.6 is 0 Å². The lowest BCUT2D eigenvalue weighted by molar-refractivity contribution is -0.130. The molecule has 0 atom stereocenters. The zero-order chi connectivity index (χ0) is 11.6. The van der Waals surface area contributed by atoms with E-state index < -0.39 is 33.1 Å². The van der Waals surface area contributed by atoms with Crippen molar-refractivity contribution in [2.75, 3.05) is 0 Å². The van der Waals surface area contributed by atoms with Gasteiger partial charge in [-0.05, 0) is 6.42 Å². The fourth-order valence-electron chi connectivity index (χ4n) is 1.10. The van der Waals surface area contributed by atoms with E-state index in [9.17, 15) is 18.0 Å². The van der Waals surface area contributed by atoms with Crippen molar-refractivity contribution in [1.29, 1.82) is 0 Å². The largest absolute Gasteiger partial charge is 0.368 e. The molecule has 0 aromatic heterocycles. The lowest BCUT2D eigenvalue weighted by Gasteiger charge is -2.22. The van der Waals surface area contributed by atoms with E-state index in [2.05, 4.69) is 0 Å². The Kier molecular flexibility index (Phi) is 3.60. The first-order chi connectivity index (χ1) is 6.20. The smallest absolute Gasteiger partial charge is 0.289 e. The first kappa shape index (κ1) is 12.8. The van der Waals surface area contributed by atoms with Crippen LogP contribution in [0.25, 0.3) is 0 Å². The van der Waals surface area contributed by atoms with E-state index in [4.69, 9.17) is 16.0 Å². The van der Waals surface area contributed by atoms with E-state index in [0.717, 1.165) is 0 Å². The Bertz CT molecular complexity index is 333. The number of rotatable bonds is 5. The molecule has 0 aromatic rings. The summed E-state index contributed by atoms with van der Waals surface area (Å²) < 4.78 is 27.8. The maximum Gasteiger partial charge on any atom is 0.289 e. The number of carbonyl (C=O) groups is 2. The Balaban J connectivity index is 5.65. The molecule has 0 saturated carbocycles. The highest BCUT2D eigenvalue weighted by molar-refractivity contribution is 7.89. The van der Waals surface area contributed by atoms with Gasteiger partial charge in [-0.1, -0.05) is 13.3 Å². The van der Waals surface area contributed by atoms with Gasteiger partial charge in [0.05, 0.1) is 0 Å². The minimum Gasteiger partial charge on any atom is -0.368 e. The van der Waals surface area contributed by atoms with Crippen LogP contribution in [-0.4, -0.2) is 29.5 Å². The van der Waals surface area contributed by atoms with Crippen molar-refractivity contribution in [3.8, 4) is 0 Å². The molecule has 0 bridgehead atoms. The zero-order valence-corrected chi connectivity index (χ0v) is 8.37. The lowest BCUT2D eigenvalue weighted by atomic mass is 10.0. The summed E-state index contributed by atoms with van der Waals surface area (Å²) in [7, 11) is -4.94. The van der Waals surface area contributed by atoms with Crippen LogP contribution in [0.15, 0.2) is 0 Å². The fourth-order valence-corrected chi connectivity index (χ4v) is 2.07. The molecule has 0 unspecified atom stereocenters. The van der Waals surface area contributed by atoms with E-state index in [1.807, 2.05) is 0 Å². The topological polar surface area (TPSA) is 141 Å². The van der Waals surface area contributed by atoms with Crippen molar-refractivity contribution in [3.63, 3.8) is 0 Å². The van der Waals surface area contributed by atoms with Gasteiger partial charge in [-0.2, -0.15) is 8.42 Å². The Morgan fingerprint density at radius 3 is 1.71 bits per heavy atom. The van der Waals surface area contributed by atoms with Crippen LogP contribution in [0.4, 0.5) is 0 Å². The summed E-state index contributed by atoms with van der Waals surface area (Å²) in [6.45, 7) is 1.52. The number of amides is 2. The average Bonchev–Trinajstić information content (AvgIpc) is 1.95. The highest BCUT2D eigenvalue weighted by Gasteiger charge is 2.53. The molecule has 0 fully saturated rings.